The molecule has 3 aromatic rings. The van der Waals surface area contributed by atoms with Crippen LogP contribution in [0.25, 0.3) is 22.4 Å². The number of hydrogen-bond acceptors (Lipinski definition) is 6. The Labute approximate surface area is 160 Å². The summed E-state index contributed by atoms with van der Waals surface area (Å²) in [6, 6.07) is 7.44. The van der Waals surface area contributed by atoms with Gasteiger partial charge in [-0.2, -0.15) is 5.10 Å². The average Bonchev–Trinajstić information content (AvgIpc) is 3.05. The first-order chi connectivity index (χ1) is 12.9. The van der Waals surface area contributed by atoms with E-state index >= 15 is 0 Å². The molecule has 4 rings (SSSR count). The van der Waals surface area contributed by atoms with Gasteiger partial charge < -0.3 is 15.4 Å². The zero-order valence-corrected chi connectivity index (χ0v) is 15.5. The highest BCUT2D eigenvalue weighted by atomic mass is 35.5. The number of aromatic amines is 1. The molecule has 0 saturated carbocycles. The molecule has 1 fully saturated rings. The summed E-state index contributed by atoms with van der Waals surface area (Å²) in [5.41, 5.74) is 7.62. The number of aromatic nitrogens is 4. The van der Waals surface area contributed by atoms with Gasteiger partial charge in [0.2, 0.25) is 0 Å². The van der Waals surface area contributed by atoms with Crippen molar-refractivity contribution < 1.29 is 9.53 Å². The molecule has 27 heavy (non-hydrogen) atoms. The van der Waals surface area contributed by atoms with E-state index in [1.54, 1.807) is 6.20 Å². The number of anilines is 1. The molecular weight excluding hydrogens is 368 g/mol. The second-order valence-corrected chi connectivity index (χ2v) is 7.30. The highest BCUT2D eigenvalue weighted by molar-refractivity contribution is 6.30. The minimum absolute atomic E-state index is 0.532. The van der Waals surface area contributed by atoms with E-state index in [0.717, 1.165) is 17.1 Å². The summed E-state index contributed by atoms with van der Waals surface area (Å²) in [5, 5.41) is 7.98. The molecule has 1 aliphatic rings. The van der Waals surface area contributed by atoms with Crippen molar-refractivity contribution in [2.45, 2.75) is 25.4 Å². The van der Waals surface area contributed by atoms with Crippen LogP contribution in [0.1, 0.15) is 19.8 Å². The molecule has 0 unspecified atom stereocenters. The Balaban J connectivity index is 1.55. The second-order valence-electron chi connectivity index (χ2n) is 6.86. The smallest absolute Gasteiger partial charge is 0.405 e. The summed E-state index contributed by atoms with van der Waals surface area (Å²) >= 11 is 5.95. The molecular formula is C18H19ClN6O2. The summed E-state index contributed by atoms with van der Waals surface area (Å²) < 4.78 is 5.24. The Morgan fingerprint density at radius 1 is 1.30 bits per heavy atom. The minimum Gasteiger partial charge on any atom is -0.443 e. The normalized spacial score (nSPS) is 16.4. The molecule has 8 nitrogen and oxygen atoms in total. The van der Waals surface area contributed by atoms with Gasteiger partial charge in [0.25, 0.3) is 0 Å². The summed E-state index contributed by atoms with van der Waals surface area (Å²) in [6.45, 7) is 3.29. The van der Waals surface area contributed by atoms with Crippen LogP contribution in [0.4, 0.5) is 10.6 Å². The summed E-state index contributed by atoms with van der Waals surface area (Å²) in [7, 11) is 0. The van der Waals surface area contributed by atoms with Crippen molar-refractivity contribution in [3.05, 3.63) is 35.5 Å². The first kappa shape index (κ1) is 17.5. The van der Waals surface area contributed by atoms with Crippen molar-refractivity contribution in [1.29, 1.82) is 0 Å². The number of hydrogen-bond donors (Lipinski definition) is 2. The zero-order valence-electron chi connectivity index (χ0n) is 14.8. The van der Waals surface area contributed by atoms with E-state index in [0.29, 0.717) is 42.1 Å². The highest BCUT2D eigenvalue weighted by Gasteiger charge is 2.33. The molecule has 0 spiro atoms. The molecule has 1 aromatic carbocycles. The number of nitrogens with one attached hydrogen (secondary N) is 1. The van der Waals surface area contributed by atoms with Gasteiger partial charge in [-0.15, -0.1) is 0 Å². The maximum absolute atomic E-state index is 11.1. The van der Waals surface area contributed by atoms with Crippen molar-refractivity contribution in [3.63, 3.8) is 0 Å². The number of amides is 1. The fourth-order valence-corrected chi connectivity index (χ4v) is 3.43. The van der Waals surface area contributed by atoms with Gasteiger partial charge in [0.05, 0.1) is 6.20 Å². The van der Waals surface area contributed by atoms with Crippen LogP contribution >= 0.6 is 11.6 Å². The third-order valence-corrected chi connectivity index (χ3v) is 5.12. The van der Waals surface area contributed by atoms with Gasteiger partial charge >= 0.3 is 6.09 Å². The van der Waals surface area contributed by atoms with Crippen molar-refractivity contribution in [2.75, 3.05) is 18.0 Å². The number of fused-ring (bicyclic) bond motifs is 1. The van der Waals surface area contributed by atoms with Gasteiger partial charge in [0.1, 0.15) is 22.6 Å². The van der Waals surface area contributed by atoms with Crippen LogP contribution in [0.15, 0.2) is 30.5 Å². The molecule has 0 aliphatic carbocycles. The Bertz CT molecular complexity index is 979. The highest BCUT2D eigenvalue weighted by Crippen LogP contribution is 2.30. The molecule has 0 bridgehead atoms. The number of piperidine rings is 1. The number of carbonyl (C=O) groups is 1. The van der Waals surface area contributed by atoms with Crippen molar-refractivity contribution in [1.82, 2.24) is 20.2 Å². The van der Waals surface area contributed by atoms with Crippen molar-refractivity contribution in [3.8, 4) is 11.3 Å². The Kier molecular flexibility index (Phi) is 4.35. The van der Waals surface area contributed by atoms with E-state index in [2.05, 4.69) is 25.1 Å². The third kappa shape index (κ3) is 3.52. The predicted molar refractivity (Wildman–Crippen MR) is 103 cm³/mol. The van der Waals surface area contributed by atoms with E-state index in [4.69, 9.17) is 22.1 Å². The standard InChI is InChI=1S/C18H19ClN6O2/c1-18(27-17(20)26)6-8-25(9-7-18)13-10-21-15-14(23-24-16(15)22-13)11-2-4-12(19)5-3-11/h2-5,10H,6-9H2,1H3,(H2,20,26)(H,22,23,24). The third-order valence-electron chi connectivity index (χ3n) is 4.87. The van der Waals surface area contributed by atoms with Gasteiger partial charge in [-0.25, -0.2) is 14.8 Å². The first-order valence-corrected chi connectivity index (χ1v) is 9.02. The fraction of sp³-hybridized carbons (Fsp3) is 0.333. The lowest BCUT2D eigenvalue weighted by Crippen LogP contribution is -2.46. The molecule has 1 saturated heterocycles. The summed E-state index contributed by atoms with van der Waals surface area (Å²) in [5.74, 6) is 0.759. The topological polar surface area (TPSA) is 110 Å². The van der Waals surface area contributed by atoms with Crippen LogP contribution in [0.2, 0.25) is 5.02 Å². The van der Waals surface area contributed by atoms with E-state index < -0.39 is 11.7 Å². The van der Waals surface area contributed by atoms with Crippen LogP contribution in [0.3, 0.4) is 0 Å². The molecule has 1 amide bonds. The average molecular weight is 387 g/mol. The number of ether oxygens (including phenoxy) is 1. The van der Waals surface area contributed by atoms with Crippen LogP contribution in [0.5, 0.6) is 0 Å². The first-order valence-electron chi connectivity index (χ1n) is 8.64. The predicted octanol–water partition coefficient (Wildman–Crippen LogP) is 3.13. The number of nitrogens with two attached hydrogens (primary N) is 1. The van der Waals surface area contributed by atoms with Crippen molar-refractivity contribution >= 4 is 34.7 Å². The van der Waals surface area contributed by atoms with Crippen LogP contribution in [0, 0.1) is 0 Å². The molecule has 3 N–H and O–H groups in total. The van der Waals surface area contributed by atoms with Gasteiger partial charge in [-0.05, 0) is 19.1 Å². The Morgan fingerprint density at radius 3 is 2.67 bits per heavy atom. The lowest BCUT2D eigenvalue weighted by Gasteiger charge is -2.38. The maximum Gasteiger partial charge on any atom is 0.405 e. The largest absolute Gasteiger partial charge is 0.443 e. The van der Waals surface area contributed by atoms with E-state index in [1.165, 1.54) is 0 Å². The molecule has 2 aromatic heterocycles. The molecule has 0 radical (unpaired) electrons. The number of halogens is 1. The van der Waals surface area contributed by atoms with Crippen LogP contribution < -0.4 is 10.6 Å². The summed E-state index contributed by atoms with van der Waals surface area (Å²) in [4.78, 5) is 22.4. The second kappa shape index (κ2) is 6.70. The molecule has 9 heteroatoms. The summed E-state index contributed by atoms with van der Waals surface area (Å²) in [6.07, 6.45) is 2.36. The van der Waals surface area contributed by atoms with Crippen LogP contribution in [-0.2, 0) is 4.74 Å². The quantitative estimate of drug-likeness (QED) is 0.715. The fourth-order valence-electron chi connectivity index (χ4n) is 3.31. The number of carbonyl (C=O) groups excluding carboxylic acids is 1. The lowest BCUT2D eigenvalue weighted by molar-refractivity contribution is 0.0126. The molecule has 140 valence electrons. The van der Waals surface area contributed by atoms with Gasteiger partial charge in [-0.1, -0.05) is 23.7 Å². The number of primary amides is 1. The Hall–Kier alpha value is -2.87. The SMILES string of the molecule is CC1(OC(N)=O)CCN(c2cnc3c(-c4ccc(Cl)cc4)n[nH]c3n2)CC1. The molecule has 0 atom stereocenters. The number of rotatable bonds is 3. The van der Waals surface area contributed by atoms with E-state index in [1.807, 2.05) is 31.2 Å². The van der Waals surface area contributed by atoms with Gasteiger partial charge in [0.15, 0.2) is 5.65 Å². The molecule has 3 heterocycles. The monoisotopic (exact) mass is 386 g/mol. The van der Waals surface area contributed by atoms with Gasteiger partial charge in [-0.3, -0.25) is 5.10 Å². The lowest BCUT2D eigenvalue weighted by atomic mass is 9.93. The molecule has 1 aliphatic heterocycles. The Morgan fingerprint density at radius 2 is 2.00 bits per heavy atom. The van der Waals surface area contributed by atoms with Gasteiger partial charge in [0, 0.05) is 36.5 Å². The minimum atomic E-state index is -0.737. The zero-order chi connectivity index (χ0) is 19.0. The number of H-pyrrole nitrogens is 1. The van der Waals surface area contributed by atoms with E-state index in [-0.39, 0.29) is 0 Å². The maximum atomic E-state index is 11.1. The number of benzene rings is 1. The number of nitrogens with zero attached hydrogens (tertiary/aromatic N) is 4. The van der Waals surface area contributed by atoms with E-state index in [9.17, 15) is 4.79 Å². The van der Waals surface area contributed by atoms with Crippen LogP contribution in [-0.4, -0.2) is 44.9 Å². The van der Waals surface area contributed by atoms with Crippen molar-refractivity contribution in [2.24, 2.45) is 5.73 Å².